The third-order valence-corrected chi connectivity index (χ3v) is 5.38. The number of thioether (sulfide) groups is 2. The molecule has 2 rings (SSSR count). The van der Waals surface area contributed by atoms with E-state index in [0.29, 0.717) is 13.1 Å². The smallest absolute Gasteiger partial charge is 0.317 e. The molecule has 0 spiro atoms. The minimum absolute atomic E-state index is 0.0198. The Bertz CT molecular complexity index is 617. The van der Waals surface area contributed by atoms with Crippen molar-refractivity contribution in [3.8, 4) is 0 Å². The molecule has 2 aromatic carbocycles. The van der Waals surface area contributed by atoms with Gasteiger partial charge in [0, 0.05) is 29.9 Å². The molecule has 0 aromatic heterocycles. The van der Waals surface area contributed by atoms with E-state index in [9.17, 15) is 4.79 Å². The Labute approximate surface area is 153 Å². The van der Waals surface area contributed by atoms with Crippen LogP contribution in [0.25, 0.3) is 0 Å². The fourth-order valence-corrected chi connectivity index (χ4v) is 3.47. The molecule has 0 aliphatic carbocycles. The average molecular weight is 361 g/mol. The second kappa shape index (κ2) is 10.3. The van der Waals surface area contributed by atoms with Crippen molar-refractivity contribution < 1.29 is 4.79 Å². The number of urea groups is 1. The SMILES string of the molecule is CSc1ccc(CN(C)C(=O)NCCCSc2ccccc2)cc1. The lowest BCUT2D eigenvalue weighted by Gasteiger charge is -2.18. The molecule has 5 heteroatoms. The highest BCUT2D eigenvalue weighted by atomic mass is 32.2. The fraction of sp³-hybridized carbons (Fsp3) is 0.316. The summed E-state index contributed by atoms with van der Waals surface area (Å²) in [6.07, 6.45) is 3.02. The van der Waals surface area contributed by atoms with Gasteiger partial charge in [-0.25, -0.2) is 4.79 Å². The van der Waals surface area contributed by atoms with Crippen LogP contribution in [0.2, 0.25) is 0 Å². The van der Waals surface area contributed by atoms with Crippen LogP contribution in [0.5, 0.6) is 0 Å². The largest absolute Gasteiger partial charge is 0.338 e. The second-order valence-electron chi connectivity index (χ2n) is 5.45. The van der Waals surface area contributed by atoms with Gasteiger partial charge in [0.15, 0.2) is 0 Å². The van der Waals surface area contributed by atoms with Gasteiger partial charge < -0.3 is 10.2 Å². The zero-order valence-electron chi connectivity index (χ0n) is 14.2. The van der Waals surface area contributed by atoms with Gasteiger partial charge in [0.1, 0.15) is 0 Å². The van der Waals surface area contributed by atoms with E-state index < -0.39 is 0 Å². The Morgan fingerprint density at radius 2 is 1.75 bits per heavy atom. The van der Waals surface area contributed by atoms with E-state index in [1.165, 1.54) is 9.79 Å². The number of carbonyl (C=O) groups is 1. The Hall–Kier alpha value is -1.59. The zero-order chi connectivity index (χ0) is 17.2. The quantitative estimate of drug-likeness (QED) is 0.545. The lowest BCUT2D eigenvalue weighted by Crippen LogP contribution is -2.37. The normalized spacial score (nSPS) is 10.4. The van der Waals surface area contributed by atoms with Crippen molar-refractivity contribution in [3.63, 3.8) is 0 Å². The van der Waals surface area contributed by atoms with E-state index in [2.05, 4.69) is 48.0 Å². The molecular weight excluding hydrogens is 336 g/mol. The number of rotatable bonds is 8. The summed E-state index contributed by atoms with van der Waals surface area (Å²) in [5.41, 5.74) is 1.14. The van der Waals surface area contributed by atoms with Gasteiger partial charge in [0.05, 0.1) is 0 Å². The lowest BCUT2D eigenvalue weighted by molar-refractivity contribution is 0.207. The first-order valence-corrected chi connectivity index (χ1v) is 10.2. The molecule has 0 aliphatic heterocycles. The zero-order valence-corrected chi connectivity index (χ0v) is 15.8. The van der Waals surface area contributed by atoms with Crippen LogP contribution >= 0.6 is 23.5 Å². The molecular formula is C19H24N2OS2. The molecule has 0 radical (unpaired) electrons. The van der Waals surface area contributed by atoms with Crippen molar-refractivity contribution in [2.45, 2.75) is 22.8 Å². The highest BCUT2D eigenvalue weighted by Gasteiger charge is 2.08. The van der Waals surface area contributed by atoms with Crippen molar-refractivity contribution in [3.05, 3.63) is 60.2 Å². The van der Waals surface area contributed by atoms with Gasteiger partial charge >= 0.3 is 6.03 Å². The van der Waals surface area contributed by atoms with Crippen LogP contribution in [0, 0.1) is 0 Å². The molecule has 0 atom stereocenters. The Morgan fingerprint density at radius 1 is 1.04 bits per heavy atom. The first-order valence-electron chi connectivity index (χ1n) is 7.99. The third-order valence-electron chi connectivity index (χ3n) is 3.53. The maximum absolute atomic E-state index is 12.1. The summed E-state index contributed by atoms with van der Waals surface area (Å²) < 4.78 is 0. The van der Waals surface area contributed by atoms with E-state index in [4.69, 9.17) is 0 Å². The summed E-state index contributed by atoms with van der Waals surface area (Å²) in [4.78, 5) is 16.3. The number of hydrogen-bond donors (Lipinski definition) is 1. The Kier molecular flexibility index (Phi) is 8.05. The molecule has 128 valence electrons. The summed E-state index contributed by atoms with van der Waals surface area (Å²) in [6.45, 7) is 1.33. The molecule has 0 saturated heterocycles. The summed E-state index contributed by atoms with van der Waals surface area (Å²) in [6, 6.07) is 18.6. The van der Waals surface area contributed by atoms with E-state index >= 15 is 0 Å². The van der Waals surface area contributed by atoms with Gasteiger partial charge in [-0.1, -0.05) is 30.3 Å². The van der Waals surface area contributed by atoms with E-state index in [1.54, 1.807) is 16.7 Å². The molecule has 0 heterocycles. The van der Waals surface area contributed by atoms with Crippen LogP contribution in [0.1, 0.15) is 12.0 Å². The molecule has 2 amide bonds. The maximum atomic E-state index is 12.1. The Morgan fingerprint density at radius 3 is 2.42 bits per heavy atom. The number of nitrogens with zero attached hydrogens (tertiary/aromatic N) is 1. The summed E-state index contributed by atoms with van der Waals surface area (Å²) in [7, 11) is 1.83. The van der Waals surface area contributed by atoms with Gasteiger partial charge in [0.2, 0.25) is 0 Å². The van der Waals surface area contributed by atoms with Crippen LogP contribution in [0.4, 0.5) is 4.79 Å². The van der Waals surface area contributed by atoms with Crippen LogP contribution in [0.15, 0.2) is 64.4 Å². The van der Waals surface area contributed by atoms with Crippen LogP contribution in [0.3, 0.4) is 0 Å². The third kappa shape index (κ3) is 6.49. The van der Waals surface area contributed by atoms with Gasteiger partial charge in [0.25, 0.3) is 0 Å². The van der Waals surface area contributed by atoms with Crippen LogP contribution in [-0.4, -0.2) is 36.5 Å². The molecule has 0 aliphatic rings. The molecule has 0 unspecified atom stereocenters. The summed E-state index contributed by atoms with van der Waals surface area (Å²) >= 11 is 3.54. The van der Waals surface area contributed by atoms with Crippen LogP contribution in [-0.2, 0) is 6.54 Å². The fourth-order valence-electron chi connectivity index (χ4n) is 2.19. The van der Waals surface area contributed by atoms with Gasteiger partial charge in [-0.2, -0.15) is 0 Å². The molecule has 24 heavy (non-hydrogen) atoms. The van der Waals surface area contributed by atoms with Gasteiger partial charge in [-0.15, -0.1) is 23.5 Å². The Balaban J connectivity index is 1.64. The minimum atomic E-state index is -0.0198. The average Bonchev–Trinajstić information content (AvgIpc) is 2.62. The summed E-state index contributed by atoms with van der Waals surface area (Å²) in [5.74, 6) is 1.00. The topological polar surface area (TPSA) is 32.3 Å². The number of hydrogen-bond acceptors (Lipinski definition) is 3. The number of amides is 2. The van der Waals surface area contributed by atoms with Crippen molar-refractivity contribution >= 4 is 29.6 Å². The van der Waals surface area contributed by atoms with Gasteiger partial charge in [-0.05, 0) is 48.3 Å². The number of carbonyl (C=O) groups excluding carboxylic acids is 1. The number of nitrogens with one attached hydrogen (secondary N) is 1. The maximum Gasteiger partial charge on any atom is 0.317 e. The highest BCUT2D eigenvalue weighted by molar-refractivity contribution is 7.99. The van der Waals surface area contributed by atoms with Crippen molar-refractivity contribution in [1.29, 1.82) is 0 Å². The lowest BCUT2D eigenvalue weighted by atomic mass is 10.2. The molecule has 0 bridgehead atoms. The first-order chi connectivity index (χ1) is 11.7. The van der Waals surface area contributed by atoms with E-state index in [1.807, 2.05) is 37.0 Å². The van der Waals surface area contributed by atoms with Crippen molar-refractivity contribution in [2.24, 2.45) is 0 Å². The van der Waals surface area contributed by atoms with E-state index in [0.717, 1.165) is 17.7 Å². The number of benzene rings is 2. The highest BCUT2D eigenvalue weighted by Crippen LogP contribution is 2.17. The first kappa shape index (κ1) is 18.7. The molecule has 3 nitrogen and oxygen atoms in total. The standard InChI is InChI=1S/C19H24N2OS2/c1-21(15-16-9-11-17(23-2)12-10-16)19(22)20-13-6-14-24-18-7-4-3-5-8-18/h3-5,7-12H,6,13-15H2,1-2H3,(H,20,22). The predicted octanol–water partition coefficient (Wildman–Crippen LogP) is 4.73. The van der Waals surface area contributed by atoms with Gasteiger partial charge in [-0.3, -0.25) is 0 Å². The molecule has 0 saturated carbocycles. The van der Waals surface area contributed by atoms with Crippen molar-refractivity contribution in [2.75, 3.05) is 25.6 Å². The molecule has 2 aromatic rings. The monoisotopic (exact) mass is 360 g/mol. The van der Waals surface area contributed by atoms with Crippen LogP contribution < -0.4 is 5.32 Å². The summed E-state index contributed by atoms with van der Waals surface area (Å²) in [5, 5.41) is 2.98. The second-order valence-corrected chi connectivity index (χ2v) is 7.50. The molecule has 0 fully saturated rings. The van der Waals surface area contributed by atoms with Crippen molar-refractivity contribution in [1.82, 2.24) is 10.2 Å². The van der Waals surface area contributed by atoms with E-state index in [-0.39, 0.29) is 6.03 Å². The minimum Gasteiger partial charge on any atom is -0.338 e. The molecule has 1 N–H and O–H groups in total. The predicted molar refractivity (Wildman–Crippen MR) is 105 cm³/mol.